The number of hydrogen-bond acceptors (Lipinski definition) is 4. The van der Waals surface area contributed by atoms with Gasteiger partial charge in [0.2, 0.25) is 0 Å². The number of aliphatic hydroxyl groups excluding tert-OH is 1. The smallest absolute Gasteiger partial charge is 0.146 e. The molecule has 0 bridgehead atoms. The van der Waals surface area contributed by atoms with E-state index < -0.39 is 0 Å². The fourth-order valence-corrected chi connectivity index (χ4v) is 1.14. The third-order valence-electron chi connectivity index (χ3n) is 1.73. The molecule has 1 aliphatic rings. The van der Waals surface area contributed by atoms with E-state index in [0.29, 0.717) is 13.2 Å². The summed E-state index contributed by atoms with van der Waals surface area (Å²) in [7, 11) is 0. The molecular formula is C8H16O4. The van der Waals surface area contributed by atoms with Gasteiger partial charge in [0.25, 0.3) is 0 Å². The molecule has 4 nitrogen and oxygen atoms in total. The number of ether oxygens (including phenoxy) is 3. The highest BCUT2D eigenvalue weighted by Crippen LogP contribution is 2.11. The molecule has 0 aliphatic carbocycles. The molecule has 0 aromatic rings. The van der Waals surface area contributed by atoms with Crippen molar-refractivity contribution in [3.05, 3.63) is 0 Å². The van der Waals surface area contributed by atoms with Crippen LogP contribution in [-0.2, 0) is 14.2 Å². The van der Waals surface area contributed by atoms with Gasteiger partial charge in [-0.1, -0.05) is 0 Å². The first kappa shape index (κ1) is 9.92. The van der Waals surface area contributed by atoms with Crippen molar-refractivity contribution in [2.75, 3.05) is 33.2 Å². The van der Waals surface area contributed by atoms with Gasteiger partial charge in [-0.3, -0.25) is 0 Å². The molecule has 1 saturated heterocycles. The SMILES string of the molecule is OCCOCOCC1CCCO1. The minimum atomic E-state index is 0.0449. The summed E-state index contributed by atoms with van der Waals surface area (Å²) in [6.45, 7) is 2.09. The summed E-state index contributed by atoms with van der Waals surface area (Å²) in [6.07, 6.45) is 2.47. The third kappa shape index (κ3) is 4.01. The van der Waals surface area contributed by atoms with Gasteiger partial charge < -0.3 is 19.3 Å². The van der Waals surface area contributed by atoms with Crippen molar-refractivity contribution in [1.82, 2.24) is 0 Å². The minimum absolute atomic E-state index is 0.0449. The van der Waals surface area contributed by atoms with Crippen LogP contribution in [-0.4, -0.2) is 44.4 Å². The quantitative estimate of drug-likeness (QED) is 0.462. The van der Waals surface area contributed by atoms with E-state index in [9.17, 15) is 0 Å². The number of rotatable bonds is 6. The number of aliphatic hydroxyl groups is 1. The lowest BCUT2D eigenvalue weighted by Gasteiger charge is -2.09. The first-order valence-corrected chi connectivity index (χ1v) is 4.31. The molecule has 0 aromatic heterocycles. The van der Waals surface area contributed by atoms with Crippen molar-refractivity contribution < 1.29 is 19.3 Å². The van der Waals surface area contributed by atoms with Crippen molar-refractivity contribution in [2.24, 2.45) is 0 Å². The molecule has 1 atom stereocenters. The topological polar surface area (TPSA) is 47.9 Å². The molecule has 1 N–H and O–H groups in total. The Bertz CT molecular complexity index is 101. The zero-order valence-electron chi connectivity index (χ0n) is 7.20. The molecule has 1 unspecified atom stereocenters. The van der Waals surface area contributed by atoms with Crippen LogP contribution in [0.15, 0.2) is 0 Å². The fraction of sp³-hybridized carbons (Fsp3) is 1.00. The summed E-state index contributed by atoms with van der Waals surface area (Å²) in [5.74, 6) is 0. The van der Waals surface area contributed by atoms with E-state index in [1.165, 1.54) is 0 Å². The maximum Gasteiger partial charge on any atom is 0.146 e. The molecule has 72 valence electrons. The second kappa shape index (κ2) is 6.37. The lowest BCUT2D eigenvalue weighted by molar-refractivity contribution is -0.0875. The summed E-state index contributed by atoms with van der Waals surface area (Å²) in [5.41, 5.74) is 0. The van der Waals surface area contributed by atoms with E-state index in [2.05, 4.69) is 0 Å². The monoisotopic (exact) mass is 176 g/mol. The average molecular weight is 176 g/mol. The lowest BCUT2D eigenvalue weighted by Crippen LogP contribution is -2.16. The summed E-state index contributed by atoms with van der Waals surface area (Å²) in [4.78, 5) is 0. The molecule has 1 aliphatic heterocycles. The van der Waals surface area contributed by atoms with Gasteiger partial charge in [-0.15, -0.1) is 0 Å². The van der Waals surface area contributed by atoms with Crippen LogP contribution in [0, 0.1) is 0 Å². The van der Waals surface area contributed by atoms with Crippen molar-refractivity contribution >= 4 is 0 Å². The Morgan fingerprint density at radius 2 is 2.33 bits per heavy atom. The van der Waals surface area contributed by atoms with E-state index in [0.717, 1.165) is 19.4 Å². The van der Waals surface area contributed by atoms with Gasteiger partial charge in [0.15, 0.2) is 0 Å². The van der Waals surface area contributed by atoms with E-state index in [-0.39, 0.29) is 19.5 Å². The van der Waals surface area contributed by atoms with Crippen LogP contribution in [0.4, 0.5) is 0 Å². The Hall–Kier alpha value is -0.160. The molecule has 12 heavy (non-hydrogen) atoms. The maximum absolute atomic E-state index is 8.37. The summed E-state index contributed by atoms with van der Waals surface area (Å²) in [5, 5.41) is 8.37. The van der Waals surface area contributed by atoms with Gasteiger partial charge in [0.05, 0.1) is 25.9 Å². The highest BCUT2D eigenvalue weighted by Gasteiger charge is 2.14. The van der Waals surface area contributed by atoms with E-state index >= 15 is 0 Å². The van der Waals surface area contributed by atoms with Gasteiger partial charge in [-0.05, 0) is 12.8 Å². The van der Waals surface area contributed by atoms with Crippen LogP contribution in [0.25, 0.3) is 0 Å². The molecule has 0 saturated carbocycles. The highest BCUT2D eigenvalue weighted by atomic mass is 16.7. The van der Waals surface area contributed by atoms with Gasteiger partial charge in [0.1, 0.15) is 6.79 Å². The lowest BCUT2D eigenvalue weighted by atomic mass is 10.2. The Morgan fingerprint density at radius 1 is 1.42 bits per heavy atom. The first-order valence-electron chi connectivity index (χ1n) is 4.31. The summed E-state index contributed by atoms with van der Waals surface area (Å²) < 4.78 is 15.4. The normalized spacial score (nSPS) is 23.2. The van der Waals surface area contributed by atoms with Crippen LogP contribution in [0.1, 0.15) is 12.8 Å². The van der Waals surface area contributed by atoms with Crippen LogP contribution < -0.4 is 0 Å². The predicted octanol–water partition coefficient (Wildman–Crippen LogP) is 0.148. The van der Waals surface area contributed by atoms with Crippen molar-refractivity contribution in [3.8, 4) is 0 Å². The second-order valence-corrected chi connectivity index (χ2v) is 2.76. The molecule has 1 fully saturated rings. The van der Waals surface area contributed by atoms with Gasteiger partial charge in [0, 0.05) is 6.61 Å². The van der Waals surface area contributed by atoms with Crippen molar-refractivity contribution in [2.45, 2.75) is 18.9 Å². The Labute approximate surface area is 72.4 Å². The molecule has 0 amide bonds. The van der Waals surface area contributed by atoms with Crippen molar-refractivity contribution in [3.63, 3.8) is 0 Å². The highest BCUT2D eigenvalue weighted by molar-refractivity contribution is 4.62. The molecule has 0 aromatic carbocycles. The Balaban J connectivity index is 1.81. The molecule has 1 heterocycles. The largest absolute Gasteiger partial charge is 0.394 e. The first-order chi connectivity index (χ1) is 5.93. The van der Waals surface area contributed by atoms with E-state index in [1.807, 2.05) is 0 Å². The fourth-order valence-electron chi connectivity index (χ4n) is 1.14. The van der Waals surface area contributed by atoms with Crippen LogP contribution in [0.2, 0.25) is 0 Å². The Morgan fingerprint density at radius 3 is 3.00 bits per heavy atom. The summed E-state index contributed by atoms with van der Waals surface area (Å²) >= 11 is 0. The molecule has 0 spiro atoms. The third-order valence-corrected chi connectivity index (χ3v) is 1.73. The van der Waals surface area contributed by atoms with Gasteiger partial charge >= 0.3 is 0 Å². The molecule has 0 radical (unpaired) electrons. The predicted molar refractivity (Wildman–Crippen MR) is 42.8 cm³/mol. The number of hydrogen-bond donors (Lipinski definition) is 1. The van der Waals surface area contributed by atoms with Crippen LogP contribution in [0.5, 0.6) is 0 Å². The molecule has 4 heteroatoms. The summed E-state index contributed by atoms with van der Waals surface area (Å²) in [6, 6.07) is 0. The Kier molecular flexibility index (Phi) is 5.27. The molecular weight excluding hydrogens is 160 g/mol. The van der Waals surface area contributed by atoms with Crippen LogP contribution >= 0.6 is 0 Å². The zero-order chi connectivity index (χ0) is 8.65. The van der Waals surface area contributed by atoms with Crippen molar-refractivity contribution in [1.29, 1.82) is 0 Å². The van der Waals surface area contributed by atoms with Gasteiger partial charge in [-0.2, -0.15) is 0 Å². The van der Waals surface area contributed by atoms with E-state index in [1.54, 1.807) is 0 Å². The maximum atomic E-state index is 8.37. The standard InChI is InChI=1S/C8H16O4/c9-3-5-10-7-11-6-8-2-1-4-12-8/h8-9H,1-7H2. The zero-order valence-corrected chi connectivity index (χ0v) is 7.20. The van der Waals surface area contributed by atoms with E-state index in [4.69, 9.17) is 19.3 Å². The average Bonchev–Trinajstić information content (AvgIpc) is 2.57. The van der Waals surface area contributed by atoms with Crippen LogP contribution in [0.3, 0.4) is 0 Å². The minimum Gasteiger partial charge on any atom is -0.394 e. The molecule has 1 rings (SSSR count). The second-order valence-electron chi connectivity index (χ2n) is 2.76. The van der Waals surface area contributed by atoms with Gasteiger partial charge in [-0.25, -0.2) is 0 Å².